The minimum atomic E-state index is 0.903. The fourth-order valence-corrected chi connectivity index (χ4v) is 1.64. The van der Waals surface area contributed by atoms with E-state index in [0.29, 0.717) is 0 Å². The van der Waals surface area contributed by atoms with Gasteiger partial charge in [0.2, 0.25) is 0 Å². The van der Waals surface area contributed by atoms with E-state index in [2.05, 4.69) is 23.7 Å². The molecule has 0 bridgehead atoms. The Hall–Kier alpha value is -0.380. The Balaban J connectivity index is 1.89. The van der Waals surface area contributed by atoms with Crippen molar-refractivity contribution < 1.29 is 4.74 Å². The summed E-state index contributed by atoms with van der Waals surface area (Å²) >= 11 is 0. The molecule has 0 amide bonds. The highest BCUT2D eigenvalue weighted by Crippen LogP contribution is 1.97. The standard InChI is InChI=1S/C12H24N2O/c1-3-12(2)11-13-5-4-6-14-7-9-15-10-8-14/h13H,2-11H2,1H3. The fourth-order valence-electron chi connectivity index (χ4n) is 1.64. The maximum Gasteiger partial charge on any atom is 0.0594 e. The smallest absolute Gasteiger partial charge is 0.0594 e. The summed E-state index contributed by atoms with van der Waals surface area (Å²) in [5, 5.41) is 3.42. The quantitative estimate of drug-likeness (QED) is 0.508. The van der Waals surface area contributed by atoms with Crippen LogP contribution >= 0.6 is 0 Å². The highest BCUT2D eigenvalue weighted by molar-refractivity contribution is 4.94. The zero-order valence-corrected chi connectivity index (χ0v) is 9.93. The molecule has 0 unspecified atom stereocenters. The van der Waals surface area contributed by atoms with E-state index in [1.54, 1.807) is 0 Å². The topological polar surface area (TPSA) is 24.5 Å². The van der Waals surface area contributed by atoms with Crippen molar-refractivity contribution in [1.82, 2.24) is 10.2 Å². The second-order valence-corrected chi connectivity index (χ2v) is 4.09. The summed E-state index contributed by atoms with van der Waals surface area (Å²) in [5.41, 5.74) is 1.29. The number of ether oxygens (including phenoxy) is 1. The molecule has 88 valence electrons. The van der Waals surface area contributed by atoms with Crippen LogP contribution in [0.15, 0.2) is 12.2 Å². The van der Waals surface area contributed by atoms with Crippen LogP contribution < -0.4 is 5.32 Å². The van der Waals surface area contributed by atoms with Gasteiger partial charge in [0.25, 0.3) is 0 Å². The lowest BCUT2D eigenvalue weighted by Gasteiger charge is -2.26. The van der Waals surface area contributed by atoms with Gasteiger partial charge in [-0.1, -0.05) is 19.1 Å². The molecule has 0 atom stereocenters. The van der Waals surface area contributed by atoms with Gasteiger partial charge < -0.3 is 10.1 Å². The first-order chi connectivity index (χ1) is 7.33. The lowest BCUT2D eigenvalue weighted by molar-refractivity contribution is 0.0375. The van der Waals surface area contributed by atoms with Gasteiger partial charge in [-0.05, 0) is 25.9 Å². The van der Waals surface area contributed by atoms with Crippen molar-refractivity contribution in [2.75, 3.05) is 45.9 Å². The van der Waals surface area contributed by atoms with Gasteiger partial charge in [0.1, 0.15) is 0 Å². The molecule has 0 aromatic heterocycles. The molecule has 0 aromatic carbocycles. The lowest BCUT2D eigenvalue weighted by atomic mass is 10.2. The average Bonchev–Trinajstić information content (AvgIpc) is 2.29. The first kappa shape index (κ1) is 12.7. The molecule has 0 radical (unpaired) electrons. The van der Waals surface area contributed by atoms with Gasteiger partial charge in [0, 0.05) is 19.6 Å². The largest absolute Gasteiger partial charge is 0.379 e. The van der Waals surface area contributed by atoms with E-state index in [0.717, 1.165) is 45.8 Å². The van der Waals surface area contributed by atoms with Gasteiger partial charge >= 0.3 is 0 Å². The highest BCUT2D eigenvalue weighted by Gasteiger charge is 2.08. The van der Waals surface area contributed by atoms with Crippen molar-refractivity contribution >= 4 is 0 Å². The molecule has 3 nitrogen and oxygen atoms in total. The number of rotatable bonds is 7. The van der Waals surface area contributed by atoms with Crippen molar-refractivity contribution in [2.45, 2.75) is 19.8 Å². The molecular formula is C12H24N2O. The molecule has 1 heterocycles. The molecule has 0 aromatic rings. The summed E-state index contributed by atoms with van der Waals surface area (Å²) in [5.74, 6) is 0. The first-order valence-electron chi connectivity index (χ1n) is 6.00. The number of hydrogen-bond donors (Lipinski definition) is 1. The molecule has 0 aliphatic carbocycles. The first-order valence-corrected chi connectivity index (χ1v) is 6.00. The Morgan fingerprint density at radius 2 is 2.13 bits per heavy atom. The van der Waals surface area contributed by atoms with Crippen molar-refractivity contribution in [1.29, 1.82) is 0 Å². The number of hydrogen-bond acceptors (Lipinski definition) is 3. The van der Waals surface area contributed by atoms with Gasteiger partial charge in [-0.2, -0.15) is 0 Å². The minimum absolute atomic E-state index is 0.903. The van der Waals surface area contributed by atoms with Gasteiger partial charge in [0.15, 0.2) is 0 Å². The number of morpholine rings is 1. The van der Waals surface area contributed by atoms with Gasteiger partial charge in [-0.3, -0.25) is 4.90 Å². The van der Waals surface area contributed by atoms with Crippen LogP contribution in [-0.4, -0.2) is 50.8 Å². The van der Waals surface area contributed by atoms with Crippen LogP contribution in [0.3, 0.4) is 0 Å². The monoisotopic (exact) mass is 212 g/mol. The Bertz CT molecular complexity index is 176. The summed E-state index contributed by atoms with van der Waals surface area (Å²) in [7, 11) is 0. The van der Waals surface area contributed by atoms with Crippen LogP contribution in [0.4, 0.5) is 0 Å². The summed E-state index contributed by atoms with van der Waals surface area (Å²) in [4.78, 5) is 2.47. The van der Waals surface area contributed by atoms with E-state index >= 15 is 0 Å². The number of nitrogens with one attached hydrogen (secondary N) is 1. The van der Waals surface area contributed by atoms with Crippen LogP contribution in [0.2, 0.25) is 0 Å². The molecule has 1 aliphatic heterocycles. The third kappa shape index (κ3) is 5.92. The molecule has 1 N–H and O–H groups in total. The molecule has 15 heavy (non-hydrogen) atoms. The van der Waals surface area contributed by atoms with Crippen LogP contribution in [0.25, 0.3) is 0 Å². The summed E-state index contributed by atoms with van der Waals surface area (Å²) in [6.45, 7) is 13.4. The normalized spacial score (nSPS) is 17.9. The molecule has 1 rings (SSSR count). The lowest BCUT2D eigenvalue weighted by Crippen LogP contribution is -2.37. The summed E-state index contributed by atoms with van der Waals surface area (Å²) in [6, 6.07) is 0. The maximum atomic E-state index is 5.30. The Morgan fingerprint density at radius 1 is 1.40 bits per heavy atom. The SMILES string of the molecule is C=C(CC)CNCCCN1CCOCC1. The number of nitrogens with zero attached hydrogens (tertiary/aromatic N) is 1. The van der Waals surface area contributed by atoms with Crippen molar-refractivity contribution in [3.8, 4) is 0 Å². The van der Waals surface area contributed by atoms with Crippen molar-refractivity contribution in [3.05, 3.63) is 12.2 Å². The van der Waals surface area contributed by atoms with E-state index < -0.39 is 0 Å². The van der Waals surface area contributed by atoms with E-state index in [9.17, 15) is 0 Å². The predicted molar refractivity (Wildman–Crippen MR) is 64.2 cm³/mol. The summed E-state index contributed by atoms with van der Waals surface area (Å²) in [6.07, 6.45) is 2.30. The van der Waals surface area contributed by atoms with Crippen LogP contribution in [0, 0.1) is 0 Å². The van der Waals surface area contributed by atoms with E-state index in [4.69, 9.17) is 4.74 Å². The van der Waals surface area contributed by atoms with Gasteiger partial charge in [-0.25, -0.2) is 0 Å². The third-order valence-electron chi connectivity index (χ3n) is 2.81. The molecule has 1 aliphatic rings. The van der Waals surface area contributed by atoms with E-state index in [-0.39, 0.29) is 0 Å². The molecule has 3 heteroatoms. The Morgan fingerprint density at radius 3 is 2.80 bits per heavy atom. The highest BCUT2D eigenvalue weighted by atomic mass is 16.5. The minimum Gasteiger partial charge on any atom is -0.379 e. The van der Waals surface area contributed by atoms with Crippen LogP contribution in [-0.2, 0) is 4.74 Å². The van der Waals surface area contributed by atoms with Gasteiger partial charge in [0.05, 0.1) is 13.2 Å². The average molecular weight is 212 g/mol. The molecule has 1 fully saturated rings. The summed E-state index contributed by atoms with van der Waals surface area (Å²) < 4.78 is 5.30. The van der Waals surface area contributed by atoms with Crippen LogP contribution in [0.5, 0.6) is 0 Å². The van der Waals surface area contributed by atoms with Crippen molar-refractivity contribution in [2.24, 2.45) is 0 Å². The molecule has 1 saturated heterocycles. The van der Waals surface area contributed by atoms with E-state index in [1.165, 1.54) is 18.5 Å². The molecule has 0 spiro atoms. The predicted octanol–water partition coefficient (Wildman–Crippen LogP) is 1.26. The zero-order chi connectivity index (χ0) is 10.9. The zero-order valence-electron chi connectivity index (χ0n) is 9.93. The maximum absolute atomic E-state index is 5.30. The van der Waals surface area contributed by atoms with Crippen molar-refractivity contribution in [3.63, 3.8) is 0 Å². The Labute approximate surface area is 93.5 Å². The fraction of sp³-hybridized carbons (Fsp3) is 0.833. The third-order valence-corrected chi connectivity index (χ3v) is 2.81. The second kappa shape index (κ2) is 7.85. The van der Waals surface area contributed by atoms with Crippen LogP contribution in [0.1, 0.15) is 19.8 Å². The Kier molecular flexibility index (Phi) is 6.64. The van der Waals surface area contributed by atoms with Gasteiger partial charge in [-0.15, -0.1) is 0 Å². The second-order valence-electron chi connectivity index (χ2n) is 4.09. The molecular weight excluding hydrogens is 188 g/mol. The van der Waals surface area contributed by atoms with E-state index in [1.807, 2.05) is 0 Å². The molecule has 0 saturated carbocycles.